The number of nitrogens with zero attached hydrogens (tertiary/aromatic N) is 3. The summed E-state index contributed by atoms with van der Waals surface area (Å²) in [7, 11) is 0. The standard InChI is InChI=1S/C10H17N5O/c1-7(2)15-6-13-8-5-12-10(11-3-4-16)14-9(8)15/h5,7,13,16H,3-4,6H2,1-2H3,(H,11,12,14). The zero-order valence-electron chi connectivity index (χ0n) is 9.56. The van der Waals surface area contributed by atoms with E-state index in [1.807, 2.05) is 0 Å². The van der Waals surface area contributed by atoms with Crippen molar-refractivity contribution in [3.8, 4) is 0 Å². The Bertz CT molecular complexity index is 368. The van der Waals surface area contributed by atoms with Gasteiger partial charge in [0.25, 0.3) is 0 Å². The molecule has 0 bridgehead atoms. The van der Waals surface area contributed by atoms with Gasteiger partial charge in [0.2, 0.25) is 5.95 Å². The smallest absolute Gasteiger partial charge is 0.224 e. The van der Waals surface area contributed by atoms with Crippen LogP contribution in [0.3, 0.4) is 0 Å². The molecule has 0 unspecified atom stereocenters. The third-order valence-corrected chi connectivity index (χ3v) is 2.50. The summed E-state index contributed by atoms with van der Waals surface area (Å²) < 4.78 is 0. The highest BCUT2D eigenvalue weighted by atomic mass is 16.3. The largest absolute Gasteiger partial charge is 0.395 e. The van der Waals surface area contributed by atoms with Crippen LogP contribution >= 0.6 is 0 Å². The van der Waals surface area contributed by atoms with Crippen molar-refractivity contribution in [3.63, 3.8) is 0 Å². The van der Waals surface area contributed by atoms with E-state index < -0.39 is 0 Å². The number of aromatic nitrogens is 2. The van der Waals surface area contributed by atoms with Gasteiger partial charge >= 0.3 is 0 Å². The van der Waals surface area contributed by atoms with Gasteiger partial charge in [-0.2, -0.15) is 4.98 Å². The molecule has 3 N–H and O–H groups in total. The molecule has 2 heterocycles. The Morgan fingerprint density at radius 3 is 3.12 bits per heavy atom. The molecule has 6 nitrogen and oxygen atoms in total. The molecule has 0 atom stereocenters. The first kappa shape index (κ1) is 10.9. The van der Waals surface area contributed by atoms with Gasteiger partial charge in [0.05, 0.1) is 25.2 Å². The van der Waals surface area contributed by atoms with Crippen LogP contribution in [0.4, 0.5) is 17.5 Å². The molecule has 1 aromatic heterocycles. The Morgan fingerprint density at radius 1 is 1.62 bits per heavy atom. The monoisotopic (exact) mass is 223 g/mol. The molecule has 0 amide bonds. The molecule has 1 aromatic rings. The van der Waals surface area contributed by atoms with Crippen LogP contribution in [-0.2, 0) is 0 Å². The van der Waals surface area contributed by atoms with Crippen LogP contribution in [0.15, 0.2) is 6.20 Å². The molecule has 1 aliphatic rings. The van der Waals surface area contributed by atoms with E-state index in [4.69, 9.17) is 5.11 Å². The second-order valence-corrected chi connectivity index (χ2v) is 3.98. The number of fused-ring (bicyclic) bond motifs is 1. The molecule has 88 valence electrons. The zero-order chi connectivity index (χ0) is 11.5. The summed E-state index contributed by atoms with van der Waals surface area (Å²) >= 11 is 0. The predicted octanol–water partition coefficient (Wildman–Crippen LogP) is 0.479. The molecule has 6 heteroatoms. The Morgan fingerprint density at radius 2 is 2.44 bits per heavy atom. The van der Waals surface area contributed by atoms with Crippen LogP contribution in [0.2, 0.25) is 0 Å². The lowest BCUT2D eigenvalue weighted by atomic mass is 10.3. The normalized spacial score (nSPS) is 13.9. The summed E-state index contributed by atoms with van der Waals surface area (Å²) in [5.74, 6) is 1.48. The van der Waals surface area contributed by atoms with E-state index in [9.17, 15) is 0 Å². The fourth-order valence-corrected chi connectivity index (χ4v) is 1.64. The van der Waals surface area contributed by atoms with E-state index in [2.05, 4.69) is 39.3 Å². The maximum absolute atomic E-state index is 8.72. The minimum absolute atomic E-state index is 0.0760. The number of hydrogen-bond acceptors (Lipinski definition) is 6. The number of anilines is 3. The van der Waals surface area contributed by atoms with Gasteiger partial charge in [-0.25, -0.2) is 4.98 Å². The van der Waals surface area contributed by atoms with Crippen LogP contribution in [-0.4, -0.2) is 40.9 Å². The summed E-state index contributed by atoms with van der Waals surface area (Å²) in [6.07, 6.45) is 1.77. The molecule has 0 fully saturated rings. The van der Waals surface area contributed by atoms with Gasteiger partial charge in [-0.1, -0.05) is 0 Å². The van der Waals surface area contributed by atoms with Gasteiger partial charge in [0, 0.05) is 12.6 Å². The molecule has 0 aliphatic carbocycles. The van der Waals surface area contributed by atoms with Gasteiger partial charge in [-0.3, -0.25) is 0 Å². The van der Waals surface area contributed by atoms with Crippen LogP contribution < -0.4 is 15.5 Å². The second-order valence-electron chi connectivity index (χ2n) is 3.98. The molecule has 0 saturated heterocycles. The van der Waals surface area contributed by atoms with Crippen molar-refractivity contribution in [2.24, 2.45) is 0 Å². The summed E-state index contributed by atoms with van der Waals surface area (Å²) in [5.41, 5.74) is 0.961. The SMILES string of the molecule is CC(C)N1CNc2cnc(NCCO)nc21. The second kappa shape index (κ2) is 4.52. The van der Waals surface area contributed by atoms with Gasteiger partial charge in [0.15, 0.2) is 5.82 Å². The van der Waals surface area contributed by atoms with Crippen molar-refractivity contribution in [2.45, 2.75) is 19.9 Å². The van der Waals surface area contributed by atoms with Crippen molar-refractivity contribution in [2.75, 3.05) is 35.4 Å². The summed E-state index contributed by atoms with van der Waals surface area (Å²) in [4.78, 5) is 10.8. The van der Waals surface area contributed by atoms with E-state index in [-0.39, 0.29) is 6.61 Å². The molecule has 16 heavy (non-hydrogen) atoms. The van der Waals surface area contributed by atoms with E-state index in [0.717, 1.165) is 18.2 Å². The first-order chi connectivity index (χ1) is 7.72. The van der Waals surface area contributed by atoms with Gasteiger partial charge in [0.1, 0.15) is 0 Å². The Balaban J connectivity index is 2.20. The Kier molecular flexibility index (Phi) is 3.09. The van der Waals surface area contributed by atoms with Crippen LogP contribution in [0.1, 0.15) is 13.8 Å². The van der Waals surface area contributed by atoms with Crippen LogP contribution in [0.25, 0.3) is 0 Å². The number of aliphatic hydroxyl groups excluding tert-OH is 1. The highest BCUT2D eigenvalue weighted by molar-refractivity contribution is 5.71. The third-order valence-electron chi connectivity index (χ3n) is 2.50. The topological polar surface area (TPSA) is 73.3 Å². The lowest BCUT2D eigenvalue weighted by Crippen LogP contribution is -2.30. The Labute approximate surface area is 94.7 Å². The molecular formula is C10H17N5O. The number of hydrogen-bond donors (Lipinski definition) is 3. The van der Waals surface area contributed by atoms with Crippen LogP contribution in [0.5, 0.6) is 0 Å². The summed E-state index contributed by atoms with van der Waals surface area (Å²) in [6.45, 7) is 5.56. The van der Waals surface area contributed by atoms with Crippen molar-refractivity contribution >= 4 is 17.5 Å². The van der Waals surface area contributed by atoms with Gasteiger partial charge in [-0.15, -0.1) is 0 Å². The fraction of sp³-hybridized carbons (Fsp3) is 0.600. The minimum atomic E-state index is 0.0760. The number of nitrogens with one attached hydrogen (secondary N) is 2. The third kappa shape index (κ3) is 2.01. The Hall–Kier alpha value is -1.56. The molecule has 2 rings (SSSR count). The van der Waals surface area contributed by atoms with Crippen molar-refractivity contribution in [1.29, 1.82) is 0 Å². The molecule has 0 spiro atoms. The number of aliphatic hydroxyl groups is 1. The van der Waals surface area contributed by atoms with E-state index in [1.165, 1.54) is 0 Å². The van der Waals surface area contributed by atoms with Crippen molar-refractivity contribution < 1.29 is 5.11 Å². The molecule has 1 aliphatic heterocycles. The van der Waals surface area contributed by atoms with Crippen molar-refractivity contribution in [1.82, 2.24) is 9.97 Å². The van der Waals surface area contributed by atoms with E-state index in [0.29, 0.717) is 18.5 Å². The maximum Gasteiger partial charge on any atom is 0.224 e. The summed E-state index contributed by atoms with van der Waals surface area (Å²) in [5, 5.41) is 14.9. The first-order valence-electron chi connectivity index (χ1n) is 5.44. The first-order valence-corrected chi connectivity index (χ1v) is 5.44. The highest BCUT2D eigenvalue weighted by Gasteiger charge is 2.23. The lowest BCUT2D eigenvalue weighted by molar-refractivity contribution is 0.311. The zero-order valence-corrected chi connectivity index (χ0v) is 9.56. The average Bonchev–Trinajstić information content (AvgIpc) is 2.69. The predicted molar refractivity (Wildman–Crippen MR) is 63.7 cm³/mol. The molecule has 0 aromatic carbocycles. The minimum Gasteiger partial charge on any atom is -0.395 e. The highest BCUT2D eigenvalue weighted by Crippen LogP contribution is 2.30. The van der Waals surface area contributed by atoms with Crippen LogP contribution in [0, 0.1) is 0 Å². The molecular weight excluding hydrogens is 206 g/mol. The van der Waals surface area contributed by atoms with Crippen molar-refractivity contribution in [3.05, 3.63) is 6.20 Å². The molecule has 0 radical (unpaired) electrons. The maximum atomic E-state index is 8.72. The number of rotatable bonds is 4. The molecule has 0 saturated carbocycles. The quantitative estimate of drug-likeness (QED) is 0.689. The van der Waals surface area contributed by atoms with Gasteiger partial charge < -0.3 is 20.6 Å². The lowest BCUT2D eigenvalue weighted by Gasteiger charge is -2.21. The van der Waals surface area contributed by atoms with E-state index >= 15 is 0 Å². The fourth-order valence-electron chi connectivity index (χ4n) is 1.64. The van der Waals surface area contributed by atoms with Gasteiger partial charge in [-0.05, 0) is 13.8 Å². The summed E-state index contributed by atoms with van der Waals surface area (Å²) in [6, 6.07) is 0.398. The van der Waals surface area contributed by atoms with E-state index in [1.54, 1.807) is 6.20 Å². The average molecular weight is 223 g/mol.